The lowest BCUT2D eigenvalue weighted by atomic mass is 10.0. The molecule has 2 N–H and O–H groups in total. The van der Waals surface area contributed by atoms with Crippen molar-refractivity contribution in [2.45, 2.75) is 46.2 Å². The van der Waals surface area contributed by atoms with Gasteiger partial charge in [0.05, 0.1) is 6.54 Å². The second-order valence-corrected chi connectivity index (χ2v) is 7.62. The topological polar surface area (TPSA) is 69.9 Å². The van der Waals surface area contributed by atoms with Crippen LogP contribution in [0.25, 0.3) is 11.0 Å². The summed E-state index contributed by atoms with van der Waals surface area (Å²) in [4.78, 5) is 18.3. The second kappa shape index (κ2) is 10.3. The van der Waals surface area contributed by atoms with Crippen LogP contribution in [-0.4, -0.2) is 42.9 Å². The van der Waals surface area contributed by atoms with Crippen LogP contribution in [0.4, 0.5) is 4.39 Å². The van der Waals surface area contributed by atoms with Crippen LogP contribution >= 0.6 is 24.0 Å². The number of fused-ring (bicyclic) bond motifs is 1. The third-order valence-electron chi connectivity index (χ3n) is 5.28. The Kier molecular flexibility index (Phi) is 8.30. The molecule has 0 bridgehead atoms. The molecule has 2 heterocycles. The third-order valence-corrected chi connectivity index (χ3v) is 5.28. The highest BCUT2D eigenvalue weighted by Gasteiger charge is 2.24. The maximum absolute atomic E-state index is 13.5. The van der Waals surface area contributed by atoms with Gasteiger partial charge in [-0.05, 0) is 38.0 Å². The Morgan fingerprint density at radius 2 is 2.03 bits per heavy atom. The Balaban J connectivity index is 0.00000300. The smallest absolute Gasteiger partial charge is 0.225 e. The predicted molar refractivity (Wildman–Crippen MR) is 124 cm³/mol. The van der Waals surface area contributed by atoms with E-state index < -0.39 is 0 Å². The summed E-state index contributed by atoms with van der Waals surface area (Å²) >= 11 is 0. The molecule has 29 heavy (non-hydrogen) atoms. The monoisotopic (exact) mass is 516 g/mol. The number of benzene rings is 1. The fraction of sp³-hybridized carbons (Fsp3) is 0.524. The highest BCUT2D eigenvalue weighted by atomic mass is 127. The van der Waals surface area contributed by atoms with Crippen molar-refractivity contribution in [3.8, 4) is 0 Å². The number of guanidine groups is 1. The average Bonchev–Trinajstić information content (AvgIpc) is 3.00. The van der Waals surface area contributed by atoms with Crippen molar-refractivity contribution in [1.82, 2.24) is 15.5 Å². The lowest BCUT2D eigenvalue weighted by Crippen LogP contribution is -2.50. The molecular weight excluding hydrogens is 486 g/mol. The van der Waals surface area contributed by atoms with Gasteiger partial charge in [0.1, 0.15) is 17.2 Å². The summed E-state index contributed by atoms with van der Waals surface area (Å²) in [6.07, 6.45) is 1.78. The van der Waals surface area contributed by atoms with Crippen molar-refractivity contribution in [2.75, 3.05) is 20.1 Å². The predicted octanol–water partition coefficient (Wildman–Crippen LogP) is 3.81. The Hall–Kier alpha value is -1.84. The van der Waals surface area contributed by atoms with Gasteiger partial charge >= 0.3 is 0 Å². The second-order valence-electron chi connectivity index (χ2n) is 7.62. The van der Waals surface area contributed by atoms with Crippen LogP contribution in [-0.2, 0) is 11.3 Å². The van der Waals surface area contributed by atoms with Crippen LogP contribution < -0.4 is 10.6 Å². The van der Waals surface area contributed by atoms with E-state index in [0.29, 0.717) is 18.1 Å². The Morgan fingerprint density at radius 1 is 1.34 bits per heavy atom. The summed E-state index contributed by atoms with van der Waals surface area (Å²) in [7, 11) is 1.73. The van der Waals surface area contributed by atoms with Crippen molar-refractivity contribution in [1.29, 1.82) is 0 Å². The summed E-state index contributed by atoms with van der Waals surface area (Å²) in [6, 6.07) is 4.82. The number of piperidine rings is 1. The quantitative estimate of drug-likeness (QED) is 0.369. The molecule has 1 amide bonds. The molecule has 2 aromatic rings. The minimum absolute atomic E-state index is 0. The van der Waals surface area contributed by atoms with Crippen molar-refractivity contribution in [3.63, 3.8) is 0 Å². The number of aryl methyl sites for hydroxylation is 1. The molecule has 3 rings (SSSR count). The van der Waals surface area contributed by atoms with Gasteiger partial charge in [-0.2, -0.15) is 0 Å². The first-order chi connectivity index (χ1) is 13.4. The molecule has 6 nitrogen and oxygen atoms in total. The highest BCUT2D eigenvalue weighted by Crippen LogP contribution is 2.25. The Bertz CT molecular complexity index is 873. The SMILES string of the molecule is CN=C(NCc1oc2ccc(F)cc2c1C)NC1CCN(C(=O)C(C)C)CC1.I. The van der Waals surface area contributed by atoms with Gasteiger partial charge in [-0.25, -0.2) is 4.39 Å². The van der Waals surface area contributed by atoms with Gasteiger partial charge in [-0.3, -0.25) is 9.79 Å². The molecule has 1 aliphatic heterocycles. The molecule has 0 radical (unpaired) electrons. The zero-order valence-electron chi connectivity index (χ0n) is 17.4. The van der Waals surface area contributed by atoms with Crippen molar-refractivity contribution >= 4 is 46.8 Å². The minimum atomic E-state index is -0.268. The molecule has 0 spiro atoms. The minimum Gasteiger partial charge on any atom is -0.459 e. The number of nitrogens with one attached hydrogen (secondary N) is 2. The standard InChI is InChI=1S/C21H29FN4O2.HI/c1-13(2)20(27)26-9-7-16(8-10-26)25-21(23-4)24-12-19-14(3)17-11-15(22)5-6-18(17)28-19;/h5-6,11,13,16H,7-10,12H2,1-4H3,(H2,23,24,25);1H. The number of amides is 1. The maximum Gasteiger partial charge on any atom is 0.225 e. The molecule has 1 fully saturated rings. The van der Waals surface area contributed by atoms with Crippen LogP contribution in [0.5, 0.6) is 0 Å². The van der Waals surface area contributed by atoms with Crippen molar-refractivity contribution in [2.24, 2.45) is 10.9 Å². The number of likely N-dealkylation sites (tertiary alicyclic amines) is 1. The first-order valence-corrected chi connectivity index (χ1v) is 9.82. The van der Waals surface area contributed by atoms with Crippen LogP contribution in [0.3, 0.4) is 0 Å². The van der Waals surface area contributed by atoms with Crippen molar-refractivity contribution < 1.29 is 13.6 Å². The van der Waals surface area contributed by atoms with Gasteiger partial charge in [0.25, 0.3) is 0 Å². The Labute approximate surface area is 188 Å². The number of rotatable bonds is 4. The van der Waals surface area contributed by atoms with E-state index in [2.05, 4.69) is 15.6 Å². The number of aliphatic imine (C=N–C) groups is 1. The molecule has 0 aliphatic carbocycles. The van der Waals surface area contributed by atoms with E-state index in [-0.39, 0.29) is 47.7 Å². The number of hydrogen-bond acceptors (Lipinski definition) is 3. The number of carbonyl (C=O) groups is 1. The Morgan fingerprint density at radius 3 is 2.66 bits per heavy atom. The van der Waals surface area contributed by atoms with Crippen LogP contribution in [0, 0.1) is 18.7 Å². The van der Waals surface area contributed by atoms with Crippen LogP contribution in [0.2, 0.25) is 0 Å². The zero-order valence-corrected chi connectivity index (χ0v) is 19.7. The van der Waals surface area contributed by atoms with Gasteiger partial charge in [0.15, 0.2) is 5.96 Å². The van der Waals surface area contributed by atoms with E-state index in [4.69, 9.17) is 4.42 Å². The number of carbonyl (C=O) groups excluding carboxylic acids is 1. The van der Waals surface area contributed by atoms with E-state index in [9.17, 15) is 9.18 Å². The number of hydrogen-bond donors (Lipinski definition) is 2. The molecule has 1 aliphatic rings. The van der Waals surface area contributed by atoms with Gasteiger partial charge in [-0.1, -0.05) is 13.8 Å². The summed E-state index contributed by atoms with van der Waals surface area (Å²) in [5, 5.41) is 7.49. The molecule has 0 saturated carbocycles. The first-order valence-electron chi connectivity index (χ1n) is 9.82. The lowest BCUT2D eigenvalue weighted by molar-refractivity contribution is -0.135. The van der Waals surface area contributed by atoms with E-state index in [1.54, 1.807) is 13.1 Å². The van der Waals surface area contributed by atoms with Crippen LogP contribution in [0.1, 0.15) is 38.0 Å². The molecule has 1 aromatic carbocycles. The normalized spacial score (nSPS) is 15.5. The fourth-order valence-corrected chi connectivity index (χ4v) is 3.57. The number of nitrogens with zero attached hydrogens (tertiary/aromatic N) is 2. The highest BCUT2D eigenvalue weighted by molar-refractivity contribution is 14.0. The summed E-state index contributed by atoms with van der Waals surface area (Å²) < 4.78 is 19.3. The summed E-state index contributed by atoms with van der Waals surface area (Å²) in [5.41, 5.74) is 1.61. The maximum atomic E-state index is 13.5. The number of furan rings is 1. The van der Waals surface area contributed by atoms with Crippen molar-refractivity contribution in [3.05, 3.63) is 35.3 Å². The summed E-state index contributed by atoms with van der Waals surface area (Å²) in [5.74, 6) is 1.45. The van der Waals surface area contributed by atoms with E-state index in [0.717, 1.165) is 42.6 Å². The van der Waals surface area contributed by atoms with E-state index in [1.165, 1.54) is 12.1 Å². The molecule has 0 atom stereocenters. The van der Waals surface area contributed by atoms with Gasteiger partial charge in [0.2, 0.25) is 5.91 Å². The zero-order chi connectivity index (χ0) is 20.3. The van der Waals surface area contributed by atoms with Gasteiger partial charge in [-0.15, -0.1) is 24.0 Å². The molecule has 8 heteroatoms. The fourth-order valence-electron chi connectivity index (χ4n) is 3.57. The molecule has 0 unspecified atom stereocenters. The first kappa shape index (κ1) is 23.4. The lowest BCUT2D eigenvalue weighted by Gasteiger charge is -2.34. The molecule has 1 aromatic heterocycles. The third kappa shape index (κ3) is 5.61. The average molecular weight is 516 g/mol. The van der Waals surface area contributed by atoms with E-state index >= 15 is 0 Å². The molecule has 1 saturated heterocycles. The van der Waals surface area contributed by atoms with Gasteiger partial charge < -0.3 is 20.0 Å². The number of halogens is 2. The molecule has 160 valence electrons. The summed E-state index contributed by atoms with van der Waals surface area (Å²) in [6.45, 7) is 7.80. The molecular formula is C21H30FIN4O2. The van der Waals surface area contributed by atoms with E-state index in [1.807, 2.05) is 25.7 Å². The van der Waals surface area contributed by atoms with Gasteiger partial charge in [0, 0.05) is 43.0 Å². The van der Waals surface area contributed by atoms with Crippen LogP contribution in [0.15, 0.2) is 27.6 Å². The largest absolute Gasteiger partial charge is 0.459 e.